The lowest BCUT2D eigenvalue weighted by Gasteiger charge is -2.20. The van der Waals surface area contributed by atoms with Gasteiger partial charge >= 0.3 is 12.0 Å². The number of carbonyl (C=O) groups is 3. The molecule has 0 atom stereocenters. The molecule has 0 aliphatic carbocycles. The molecule has 0 aliphatic rings. The largest absolute Gasteiger partial charge is 0.481 e. The lowest BCUT2D eigenvalue weighted by molar-refractivity contribution is -0.137. The van der Waals surface area contributed by atoms with Crippen LogP contribution in [0.25, 0.3) is 0 Å². The quantitative estimate of drug-likeness (QED) is 0.455. The smallest absolute Gasteiger partial charge is 0.314 e. The van der Waals surface area contributed by atoms with E-state index in [1.807, 2.05) is 0 Å². The number of hydrogen-bond donors (Lipinski definition) is 4. The van der Waals surface area contributed by atoms with Gasteiger partial charge in [0.05, 0.1) is 5.41 Å². The molecule has 0 aromatic rings. The van der Waals surface area contributed by atoms with Gasteiger partial charge in [-0.25, -0.2) is 4.79 Å². The monoisotopic (exact) mass is 273 g/mol. The van der Waals surface area contributed by atoms with Crippen molar-refractivity contribution >= 4 is 17.9 Å². The molecule has 7 nitrogen and oxygen atoms in total. The highest BCUT2D eigenvalue weighted by Gasteiger charge is 2.25. The predicted molar refractivity (Wildman–Crippen MR) is 70.5 cm³/mol. The summed E-state index contributed by atoms with van der Waals surface area (Å²) in [5.74, 6) is -1.28. The molecule has 0 heterocycles. The average Bonchev–Trinajstić information content (AvgIpc) is 2.30. The first-order chi connectivity index (χ1) is 8.75. The van der Waals surface area contributed by atoms with E-state index in [2.05, 4.69) is 10.6 Å². The fourth-order valence-electron chi connectivity index (χ4n) is 1.23. The predicted octanol–water partition coefficient (Wildman–Crippen LogP) is 0.442. The average molecular weight is 273 g/mol. The maximum atomic E-state index is 11.4. The number of carboxylic acids is 1. The van der Waals surface area contributed by atoms with Crippen LogP contribution >= 0.6 is 0 Å². The Kier molecular flexibility index (Phi) is 7.55. The Morgan fingerprint density at radius 3 is 2.26 bits per heavy atom. The Morgan fingerprint density at radius 2 is 1.74 bits per heavy atom. The zero-order valence-corrected chi connectivity index (χ0v) is 11.5. The molecule has 7 heteroatoms. The Bertz CT molecular complexity index is 329. The van der Waals surface area contributed by atoms with E-state index < -0.39 is 17.3 Å². The summed E-state index contributed by atoms with van der Waals surface area (Å²) in [6.07, 6.45) is 2.23. The van der Waals surface area contributed by atoms with Gasteiger partial charge in [-0.2, -0.15) is 0 Å². The molecule has 0 aromatic carbocycles. The summed E-state index contributed by atoms with van der Waals surface area (Å²) in [5.41, 5.74) is 4.40. The van der Waals surface area contributed by atoms with Gasteiger partial charge in [0.25, 0.3) is 0 Å². The minimum Gasteiger partial charge on any atom is -0.481 e. The van der Waals surface area contributed by atoms with Gasteiger partial charge in [0.2, 0.25) is 5.91 Å². The fourth-order valence-corrected chi connectivity index (χ4v) is 1.23. The van der Waals surface area contributed by atoms with Crippen molar-refractivity contribution in [2.45, 2.75) is 39.5 Å². The molecular weight excluding hydrogens is 250 g/mol. The summed E-state index contributed by atoms with van der Waals surface area (Å²) in [4.78, 5) is 32.7. The topological polar surface area (TPSA) is 122 Å². The lowest BCUT2D eigenvalue weighted by Crippen LogP contribution is -2.45. The molecule has 0 saturated heterocycles. The summed E-state index contributed by atoms with van der Waals surface area (Å²) in [6, 6.07) is -0.354. The van der Waals surface area contributed by atoms with Crippen molar-refractivity contribution in [3.8, 4) is 0 Å². The molecular formula is C12H23N3O4. The van der Waals surface area contributed by atoms with Gasteiger partial charge in [0.1, 0.15) is 0 Å². The van der Waals surface area contributed by atoms with Gasteiger partial charge < -0.3 is 21.5 Å². The Morgan fingerprint density at radius 1 is 1.11 bits per heavy atom. The zero-order valence-electron chi connectivity index (χ0n) is 11.5. The third-order valence-corrected chi connectivity index (χ3v) is 2.71. The molecule has 0 aliphatic heterocycles. The van der Waals surface area contributed by atoms with Gasteiger partial charge in [-0.15, -0.1) is 0 Å². The second kappa shape index (κ2) is 8.34. The van der Waals surface area contributed by atoms with Crippen molar-refractivity contribution in [1.82, 2.24) is 10.6 Å². The molecule has 0 fully saturated rings. The number of hydrogen-bond acceptors (Lipinski definition) is 3. The van der Waals surface area contributed by atoms with Crippen molar-refractivity contribution in [3.63, 3.8) is 0 Å². The number of carbonyl (C=O) groups excluding carboxylic acids is 2. The Hall–Kier alpha value is -1.79. The second-order valence-corrected chi connectivity index (χ2v) is 5.06. The lowest BCUT2D eigenvalue weighted by atomic mass is 9.93. The minimum atomic E-state index is -0.806. The zero-order chi connectivity index (χ0) is 14.9. The molecule has 0 saturated carbocycles. The maximum absolute atomic E-state index is 11.4. The molecule has 5 N–H and O–H groups in total. The number of aliphatic carboxylic acids is 1. The second-order valence-electron chi connectivity index (χ2n) is 5.06. The molecule has 0 spiro atoms. The fraction of sp³-hybridized carbons (Fsp3) is 0.750. The van der Waals surface area contributed by atoms with Crippen LogP contribution in [-0.2, 0) is 9.59 Å². The Labute approximate surface area is 112 Å². The number of rotatable bonds is 9. The number of carboxylic acid groups (broad SMARTS) is 1. The summed E-state index contributed by atoms with van der Waals surface area (Å²) in [5, 5.41) is 13.6. The third-order valence-electron chi connectivity index (χ3n) is 2.71. The van der Waals surface area contributed by atoms with Crippen LogP contribution in [0.1, 0.15) is 39.5 Å². The highest BCUT2D eigenvalue weighted by molar-refractivity contribution is 5.81. The van der Waals surface area contributed by atoms with E-state index in [-0.39, 0.29) is 19.0 Å². The standard InChI is InChI=1S/C12H23N3O4/c1-12(2,10(13)18)8-15-11(19)14-7-5-3-4-6-9(16)17/h3-8H2,1-2H3,(H2,13,18)(H,16,17)(H2,14,15,19). The normalized spacial score (nSPS) is 10.8. The van der Waals surface area contributed by atoms with E-state index in [1.54, 1.807) is 13.8 Å². The molecule has 0 rings (SSSR count). The van der Waals surface area contributed by atoms with Crippen LogP contribution in [0.5, 0.6) is 0 Å². The van der Waals surface area contributed by atoms with Crippen molar-refractivity contribution in [2.75, 3.05) is 13.1 Å². The van der Waals surface area contributed by atoms with Gasteiger partial charge in [0, 0.05) is 19.5 Å². The van der Waals surface area contributed by atoms with Crippen LogP contribution in [0, 0.1) is 5.41 Å². The molecule has 3 amide bonds. The van der Waals surface area contributed by atoms with Crippen LogP contribution in [0.2, 0.25) is 0 Å². The molecule has 0 unspecified atom stereocenters. The first-order valence-electron chi connectivity index (χ1n) is 6.29. The van der Waals surface area contributed by atoms with Crippen LogP contribution < -0.4 is 16.4 Å². The highest BCUT2D eigenvalue weighted by atomic mass is 16.4. The summed E-state index contributed by atoms with van der Waals surface area (Å²) in [6.45, 7) is 3.96. The number of amides is 3. The number of urea groups is 1. The van der Waals surface area contributed by atoms with E-state index in [0.29, 0.717) is 13.0 Å². The van der Waals surface area contributed by atoms with Crippen molar-refractivity contribution in [2.24, 2.45) is 11.1 Å². The SMILES string of the molecule is CC(C)(CNC(=O)NCCCCCC(=O)O)C(N)=O. The van der Waals surface area contributed by atoms with Crippen LogP contribution in [-0.4, -0.2) is 36.1 Å². The highest BCUT2D eigenvalue weighted by Crippen LogP contribution is 2.11. The first kappa shape index (κ1) is 17.2. The maximum Gasteiger partial charge on any atom is 0.314 e. The molecule has 19 heavy (non-hydrogen) atoms. The molecule has 110 valence electrons. The van der Waals surface area contributed by atoms with Gasteiger partial charge in [-0.05, 0) is 26.7 Å². The Balaban J connectivity index is 3.60. The number of nitrogens with two attached hydrogens (primary N) is 1. The number of nitrogens with one attached hydrogen (secondary N) is 2. The van der Waals surface area contributed by atoms with Crippen molar-refractivity contribution < 1.29 is 19.5 Å². The molecule has 0 aromatic heterocycles. The van der Waals surface area contributed by atoms with Gasteiger partial charge in [-0.1, -0.05) is 6.42 Å². The van der Waals surface area contributed by atoms with Crippen LogP contribution in [0.15, 0.2) is 0 Å². The molecule has 0 radical (unpaired) electrons. The van der Waals surface area contributed by atoms with Crippen LogP contribution in [0.4, 0.5) is 4.79 Å². The van der Waals surface area contributed by atoms with Crippen LogP contribution in [0.3, 0.4) is 0 Å². The number of unbranched alkanes of at least 4 members (excludes halogenated alkanes) is 2. The van der Waals surface area contributed by atoms with Crippen molar-refractivity contribution in [3.05, 3.63) is 0 Å². The molecule has 0 bridgehead atoms. The summed E-state index contributed by atoms with van der Waals surface area (Å²) >= 11 is 0. The summed E-state index contributed by atoms with van der Waals surface area (Å²) in [7, 11) is 0. The minimum absolute atomic E-state index is 0.152. The van der Waals surface area contributed by atoms with E-state index in [1.165, 1.54) is 0 Å². The number of primary amides is 1. The third kappa shape index (κ3) is 8.87. The van der Waals surface area contributed by atoms with E-state index in [9.17, 15) is 14.4 Å². The first-order valence-corrected chi connectivity index (χ1v) is 6.29. The van der Waals surface area contributed by atoms with Gasteiger partial charge in [-0.3, -0.25) is 9.59 Å². The van der Waals surface area contributed by atoms with Crippen molar-refractivity contribution in [1.29, 1.82) is 0 Å². The van der Waals surface area contributed by atoms with Gasteiger partial charge in [0.15, 0.2) is 0 Å². The van der Waals surface area contributed by atoms with E-state index in [0.717, 1.165) is 12.8 Å². The van der Waals surface area contributed by atoms with E-state index >= 15 is 0 Å². The summed E-state index contributed by atoms with van der Waals surface area (Å²) < 4.78 is 0. The van der Waals surface area contributed by atoms with E-state index in [4.69, 9.17) is 10.8 Å².